The van der Waals surface area contributed by atoms with E-state index in [-0.39, 0.29) is 44.1 Å². The third-order valence-electron chi connectivity index (χ3n) is 0. The summed E-state index contributed by atoms with van der Waals surface area (Å²) >= 11 is 0. The second kappa shape index (κ2) is 5.64. The first-order chi connectivity index (χ1) is 2.00. The minimum absolute atomic E-state index is 0. The maximum atomic E-state index is 8.58. The Morgan fingerprint density at radius 1 is 0.857 bits per heavy atom. The second-order valence-electron chi connectivity index (χ2n) is 0.500. The first kappa shape index (κ1) is 15.8. The van der Waals surface area contributed by atoms with Crippen LogP contribution in [0, 0.1) is 0 Å². The zero-order chi connectivity index (χ0) is 4.50. The van der Waals surface area contributed by atoms with Crippen molar-refractivity contribution in [2.45, 2.75) is 0 Å². The van der Waals surface area contributed by atoms with E-state index in [0.29, 0.717) is 0 Å². The second-order valence-corrected chi connectivity index (χ2v) is 1.50. The van der Waals surface area contributed by atoms with Crippen LogP contribution in [-0.4, -0.2) is 9.05 Å². The molecule has 0 aliphatic heterocycles. The Hall–Kier alpha value is 1.51. The van der Waals surface area contributed by atoms with Crippen LogP contribution in [0.4, 0.5) is 0 Å². The van der Waals surface area contributed by atoms with E-state index in [1.54, 1.807) is 0 Å². The van der Waals surface area contributed by atoms with Gasteiger partial charge in [-0.2, -0.15) is 0 Å². The molecule has 0 amide bonds. The van der Waals surface area contributed by atoms with Crippen LogP contribution in [-0.2, 0) is 44.1 Å². The maximum Gasteiger partial charge on any atom is 5.00 e. The predicted octanol–water partition coefficient (Wildman–Crippen LogP) is -5.14. The van der Waals surface area contributed by atoms with Crippen molar-refractivity contribution in [3.63, 3.8) is 0 Å². The molecule has 0 heterocycles. The van der Waals surface area contributed by atoms with Crippen LogP contribution >= 0.6 is 0 Å². The smallest absolute Gasteiger partial charge is 0.894 e. The molecule has 0 N–H and O–H groups in total. The van der Waals surface area contributed by atoms with Crippen molar-refractivity contribution < 1.29 is 63.3 Å². The molecule has 0 aromatic heterocycles. The molecule has 7 heavy (non-hydrogen) atoms. The van der Waals surface area contributed by atoms with Crippen LogP contribution in [0.1, 0.15) is 0 Å². The summed E-state index contributed by atoms with van der Waals surface area (Å²) in [4.78, 5) is 34.3. The fourth-order valence-electron chi connectivity index (χ4n) is 0. The molecule has 32 valence electrons. The van der Waals surface area contributed by atoms with E-state index in [2.05, 4.69) is 0 Å². The molecule has 0 aliphatic rings. The molecule has 0 atom stereocenters. The van der Waals surface area contributed by atoms with Crippen molar-refractivity contribution in [3.8, 4) is 0 Å². The molecule has 0 aromatic carbocycles. The van der Waals surface area contributed by atoms with Crippen molar-refractivity contribution >= 4 is 9.05 Å². The van der Waals surface area contributed by atoms with Crippen molar-refractivity contribution in [2.24, 2.45) is 0 Å². The van der Waals surface area contributed by atoms with Gasteiger partial charge < -0.3 is 28.2 Å². The summed E-state index contributed by atoms with van der Waals surface area (Å²) in [7, 11) is -5.61. The molecule has 7 heteroatoms. The van der Waals surface area contributed by atoms with Crippen molar-refractivity contribution in [3.05, 3.63) is 0 Å². The Morgan fingerprint density at radius 2 is 0.857 bits per heavy atom. The van der Waals surface area contributed by atoms with Crippen LogP contribution in [0.25, 0.3) is 0 Å². The Kier molecular flexibility index (Phi) is 12.7. The molecule has 0 unspecified atom stereocenters. The molecule has 0 saturated carbocycles. The molecule has 0 spiro atoms. The molecule has 0 aromatic rings. The summed E-state index contributed by atoms with van der Waals surface area (Å²) in [5.41, 5.74) is 0. The van der Waals surface area contributed by atoms with E-state index in [1.807, 2.05) is 0 Å². The topological polar surface area (TPSA) is 92.2 Å². The van der Waals surface area contributed by atoms with Gasteiger partial charge in [0.2, 0.25) is 0 Å². The molecular weight excluding hydrogens is 233 g/mol. The molecule has 0 bridgehead atoms. The van der Waals surface area contributed by atoms with Gasteiger partial charge in [-0.05, 0) is 0 Å². The van der Waals surface area contributed by atoms with Crippen molar-refractivity contribution in [2.75, 3.05) is 0 Å². The maximum absolute atomic E-state index is 8.58. The zero-order valence-electron chi connectivity index (χ0n) is 3.08. The van der Waals surface area contributed by atoms with E-state index in [1.165, 1.54) is 0 Å². The minimum atomic E-state index is -5.61. The van der Waals surface area contributed by atoms with Crippen LogP contribution < -0.4 is 19.2 Å². The third kappa shape index (κ3) is 99.9. The van der Waals surface area contributed by atoms with E-state index in [9.17, 15) is 0 Å². The summed E-state index contributed by atoms with van der Waals surface area (Å²) in [6, 6.07) is 0. The van der Waals surface area contributed by atoms with Gasteiger partial charge in [0.05, 0.1) is 0 Å². The van der Waals surface area contributed by atoms with Gasteiger partial charge in [0.25, 0.3) is 0 Å². The zero-order valence-corrected chi connectivity index (χ0v) is 7.84. The van der Waals surface area contributed by atoms with E-state index in [4.69, 9.17) is 19.2 Å². The molecular formula is NbO4SiTi+5. The SMILES string of the molecule is [Nb+5].[O-][Si]([O-])([O-])[O-].[Ti+4]. The molecule has 4 nitrogen and oxygen atoms in total. The minimum Gasteiger partial charge on any atom is -0.894 e. The Labute approximate surface area is 72.1 Å². The van der Waals surface area contributed by atoms with Crippen LogP contribution in [0.2, 0.25) is 0 Å². The summed E-state index contributed by atoms with van der Waals surface area (Å²) in [6.07, 6.45) is 0. The fraction of sp³-hybridized carbons (Fsp3) is 0. The van der Waals surface area contributed by atoms with E-state index in [0.717, 1.165) is 0 Å². The van der Waals surface area contributed by atoms with Gasteiger partial charge in [-0.15, -0.1) is 0 Å². The monoisotopic (exact) mass is 233 g/mol. The van der Waals surface area contributed by atoms with Gasteiger partial charge >= 0.3 is 44.1 Å². The summed E-state index contributed by atoms with van der Waals surface area (Å²) in [5, 5.41) is 0. The van der Waals surface area contributed by atoms with Crippen LogP contribution in [0.3, 0.4) is 0 Å². The Balaban J connectivity index is -0.0000000800. The first-order valence-electron chi connectivity index (χ1n) is 0.816. The van der Waals surface area contributed by atoms with Crippen LogP contribution in [0.5, 0.6) is 0 Å². The third-order valence-corrected chi connectivity index (χ3v) is 0. The van der Waals surface area contributed by atoms with Gasteiger partial charge in [0.15, 0.2) is 0 Å². The van der Waals surface area contributed by atoms with Crippen molar-refractivity contribution in [1.29, 1.82) is 0 Å². The normalized spacial score (nSPS) is 8.57. The standard InChI is InChI=1S/Nb.O4Si.Ti/c;1-5(2,3)4;/q+5;-4;+4. The number of hydrogen-bond donors (Lipinski definition) is 0. The first-order valence-corrected chi connectivity index (χ1v) is 2.45. The van der Waals surface area contributed by atoms with Gasteiger partial charge in [-0.1, -0.05) is 0 Å². The van der Waals surface area contributed by atoms with Crippen molar-refractivity contribution in [1.82, 2.24) is 0 Å². The molecule has 0 radical (unpaired) electrons. The van der Waals surface area contributed by atoms with Crippen LogP contribution in [0.15, 0.2) is 0 Å². The Morgan fingerprint density at radius 3 is 0.857 bits per heavy atom. The predicted molar refractivity (Wildman–Crippen MR) is 5.75 cm³/mol. The van der Waals surface area contributed by atoms with Gasteiger partial charge in [-0.3, -0.25) is 0 Å². The van der Waals surface area contributed by atoms with E-state index >= 15 is 0 Å². The summed E-state index contributed by atoms with van der Waals surface area (Å²) in [6.45, 7) is 0. The quantitative estimate of drug-likeness (QED) is 0.391. The number of rotatable bonds is 0. The largest absolute Gasteiger partial charge is 5.00 e. The molecule has 0 saturated heterocycles. The van der Waals surface area contributed by atoms with Gasteiger partial charge in [0.1, 0.15) is 0 Å². The van der Waals surface area contributed by atoms with E-state index < -0.39 is 9.05 Å². The summed E-state index contributed by atoms with van der Waals surface area (Å²) < 4.78 is 0. The Bertz CT molecular complexity index is 27.2. The molecule has 0 rings (SSSR count). The average Bonchev–Trinajstić information content (AvgIpc) is 0.722. The molecule has 0 aliphatic carbocycles. The summed E-state index contributed by atoms with van der Waals surface area (Å²) in [5.74, 6) is 0. The average molecular weight is 233 g/mol. The fourth-order valence-corrected chi connectivity index (χ4v) is 0. The molecule has 0 fully saturated rings. The van der Waals surface area contributed by atoms with Gasteiger partial charge in [-0.25, -0.2) is 0 Å². The van der Waals surface area contributed by atoms with Gasteiger partial charge in [0, 0.05) is 0 Å². The number of hydrogen-bond acceptors (Lipinski definition) is 4.